The normalized spacial score (nSPS) is 11.9. The zero-order chi connectivity index (χ0) is 18.4. The first kappa shape index (κ1) is 18.2. The van der Waals surface area contributed by atoms with E-state index in [-0.39, 0.29) is 11.8 Å². The van der Waals surface area contributed by atoms with Gasteiger partial charge in [-0.2, -0.15) is 0 Å². The largest absolute Gasteiger partial charge is 0.355 e. The second-order valence-corrected chi connectivity index (χ2v) is 7.18. The molecule has 1 amide bonds. The molecule has 5 nitrogen and oxygen atoms in total. The van der Waals surface area contributed by atoms with Crippen LogP contribution >= 0.6 is 11.8 Å². The van der Waals surface area contributed by atoms with Crippen molar-refractivity contribution in [2.24, 2.45) is 0 Å². The summed E-state index contributed by atoms with van der Waals surface area (Å²) in [6, 6.07) is 18.2. The van der Waals surface area contributed by atoms with Crippen LogP contribution in [0.2, 0.25) is 0 Å². The van der Waals surface area contributed by atoms with E-state index < -0.39 is 0 Å². The van der Waals surface area contributed by atoms with Crippen molar-refractivity contribution in [3.63, 3.8) is 0 Å². The van der Waals surface area contributed by atoms with Gasteiger partial charge in [-0.1, -0.05) is 78.8 Å². The molecule has 1 atom stereocenters. The Morgan fingerprint density at radius 1 is 1.15 bits per heavy atom. The summed E-state index contributed by atoms with van der Waals surface area (Å²) in [7, 11) is 0. The summed E-state index contributed by atoms with van der Waals surface area (Å²) in [4.78, 5) is 16.5. The maximum atomic E-state index is 12.1. The van der Waals surface area contributed by atoms with Gasteiger partial charge >= 0.3 is 0 Å². The summed E-state index contributed by atoms with van der Waals surface area (Å²) < 4.78 is 0. The van der Waals surface area contributed by atoms with E-state index in [1.54, 1.807) is 0 Å². The third kappa shape index (κ3) is 4.95. The molecule has 0 radical (unpaired) electrons. The smallest absolute Gasteiger partial charge is 0.230 e. The first-order valence-electron chi connectivity index (χ1n) is 8.55. The Bertz CT molecular complexity index is 846. The zero-order valence-electron chi connectivity index (χ0n) is 14.9. The molecule has 1 heterocycles. The monoisotopic (exact) mass is 366 g/mol. The van der Waals surface area contributed by atoms with E-state index in [1.165, 1.54) is 22.9 Å². The summed E-state index contributed by atoms with van der Waals surface area (Å²) in [6.07, 6.45) is 0. The molecule has 2 aromatic carbocycles. The van der Waals surface area contributed by atoms with Crippen LogP contribution in [-0.2, 0) is 4.79 Å². The lowest BCUT2D eigenvalue weighted by Crippen LogP contribution is -2.29. The fourth-order valence-corrected chi connectivity index (χ4v) is 3.13. The van der Waals surface area contributed by atoms with Gasteiger partial charge in [0.25, 0.3) is 0 Å². The molecule has 6 heteroatoms. The van der Waals surface area contributed by atoms with Crippen molar-refractivity contribution in [3.05, 3.63) is 65.7 Å². The molecule has 1 aromatic heterocycles. The van der Waals surface area contributed by atoms with Gasteiger partial charge in [-0.3, -0.25) is 9.89 Å². The second kappa shape index (κ2) is 8.67. The molecule has 0 fully saturated rings. The minimum atomic E-state index is -0.0144. The number of thioether (sulfide) groups is 1. The molecular weight excluding hydrogens is 344 g/mol. The van der Waals surface area contributed by atoms with Crippen molar-refractivity contribution in [2.45, 2.75) is 24.9 Å². The quantitative estimate of drug-likeness (QED) is 0.624. The Morgan fingerprint density at radius 2 is 1.88 bits per heavy atom. The SMILES string of the molecule is Cc1ccc(-c2nc(SCC(=O)NC[C@@H](C)c3ccccc3)n[nH]2)cc1. The van der Waals surface area contributed by atoms with Crippen LogP contribution < -0.4 is 5.32 Å². The summed E-state index contributed by atoms with van der Waals surface area (Å²) >= 11 is 1.33. The fourth-order valence-electron chi connectivity index (χ4n) is 2.50. The standard InChI is InChI=1S/C20H22N4OS/c1-14-8-10-17(11-9-14)19-22-20(24-23-19)26-13-18(25)21-12-15(2)16-6-4-3-5-7-16/h3-11,15H,12-13H2,1-2H3,(H,21,25)(H,22,23,24)/t15-/m1/s1. The van der Waals surface area contributed by atoms with E-state index in [0.29, 0.717) is 23.3 Å². The fraction of sp³-hybridized carbons (Fsp3) is 0.250. The van der Waals surface area contributed by atoms with E-state index in [0.717, 1.165) is 5.56 Å². The van der Waals surface area contributed by atoms with Crippen LogP contribution in [0.3, 0.4) is 0 Å². The molecule has 134 valence electrons. The van der Waals surface area contributed by atoms with Gasteiger partial charge in [0.2, 0.25) is 11.1 Å². The number of nitrogens with one attached hydrogen (secondary N) is 2. The molecule has 0 unspecified atom stereocenters. The minimum Gasteiger partial charge on any atom is -0.355 e. The molecule has 3 aromatic rings. The maximum absolute atomic E-state index is 12.1. The molecule has 0 aliphatic rings. The van der Waals surface area contributed by atoms with Crippen LogP contribution in [0.25, 0.3) is 11.4 Å². The highest BCUT2D eigenvalue weighted by atomic mass is 32.2. The first-order chi connectivity index (χ1) is 12.6. The van der Waals surface area contributed by atoms with Crippen LogP contribution in [0.4, 0.5) is 0 Å². The zero-order valence-corrected chi connectivity index (χ0v) is 15.7. The summed E-state index contributed by atoms with van der Waals surface area (Å²) in [5.74, 6) is 1.28. The Balaban J connectivity index is 1.47. The highest BCUT2D eigenvalue weighted by Crippen LogP contribution is 2.19. The minimum absolute atomic E-state index is 0.0144. The number of nitrogens with zero attached hydrogens (tertiary/aromatic N) is 2. The molecule has 0 aliphatic carbocycles. The van der Waals surface area contributed by atoms with Crippen LogP contribution in [0.15, 0.2) is 59.8 Å². The van der Waals surface area contributed by atoms with Gasteiger partial charge in [-0.05, 0) is 18.4 Å². The first-order valence-corrected chi connectivity index (χ1v) is 9.54. The second-order valence-electron chi connectivity index (χ2n) is 6.24. The van der Waals surface area contributed by atoms with Crippen LogP contribution in [-0.4, -0.2) is 33.4 Å². The van der Waals surface area contributed by atoms with Crippen molar-refractivity contribution in [3.8, 4) is 11.4 Å². The number of carbonyl (C=O) groups excluding carboxylic acids is 1. The number of benzene rings is 2. The number of rotatable bonds is 7. The lowest BCUT2D eigenvalue weighted by molar-refractivity contribution is -0.118. The molecular formula is C20H22N4OS. The van der Waals surface area contributed by atoms with Crippen molar-refractivity contribution >= 4 is 17.7 Å². The third-order valence-corrected chi connectivity index (χ3v) is 4.94. The number of aromatic nitrogens is 3. The van der Waals surface area contributed by atoms with Crippen molar-refractivity contribution < 1.29 is 4.79 Å². The number of hydrogen-bond acceptors (Lipinski definition) is 4. The number of aryl methyl sites for hydroxylation is 1. The number of hydrogen-bond donors (Lipinski definition) is 2. The van der Waals surface area contributed by atoms with Crippen molar-refractivity contribution in [1.29, 1.82) is 0 Å². The Hall–Kier alpha value is -2.60. The lowest BCUT2D eigenvalue weighted by Gasteiger charge is -2.12. The summed E-state index contributed by atoms with van der Waals surface area (Å²) in [6.45, 7) is 4.76. The van der Waals surface area contributed by atoms with E-state index in [1.807, 2.05) is 49.4 Å². The number of H-pyrrole nitrogens is 1. The molecule has 26 heavy (non-hydrogen) atoms. The molecule has 0 aliphatic heterocycles. The lowest BCUT2D eigenvalue weighted by atomic mass is 10.0. The Labute approximate surface area is 157 Å². The van der Waals surface area contributed by atoms with Crippen LogP contribution in [0, 0.1) is 6.92 Å². The predicted octanol–water partition coefficient (Wildman–Crippen LogP) is 3.79. The maximum Gasteiger partial charge on any atom is 0.230 e. The average Bonchev–Trinajstić information content (AvgIpc) is 3.14. The average molecular weight is 366 g/mol. The molecule has 0 saturated heterocycles. The van der Waals surface area contributed by atoms with Crippen molar-refractivity contribution in [2.75, 3.05) is 12.3 Å². The van der Waals surface area contributed by atoms with Gasteiger partial charge in [0, 0.05) is 12.1 Å². The highest BCUT2D eigenvalue weighted by molar-refractivity contribution is 7.99. The van der Waals surface area contributed by atoms with Crippen LogP contribution in [0.1, 0.15) is 24.0 Å². The van der Waals surface area contributed by atoms with E-state index >= 15 is 0 Å². The highest BCUT2D eigenvalue weighted by Gasteiger charge is 2.11. The van der Waals surface area contributed by atoms with Gasteiger partial charge in [-0.25, -0.2) is 4.98 Å². The molecule has 2 N–H and O–H groups in total. The van der Waals surface area contributed by atoms with Gasteiger partial charge < -0.3 is 5.32 Å². The molecule has 3 rings (SSSR count). The number of aromatic amines is 1. The van der Waals surface area contributed by atoms with Crippen LogP contribution in [0.5, 0.6) is 0 Å². The van der Waals surface area contributed by atoms with Gasteiger partial charge in [0.05, 0.1) is 5.75 Å². The summed E-state index contributed by atoms with van der Waals surface area (Å²) in [5, 5.41) is 10.6. The molecule has 0 saturated carbocycles. The number of amides is 1. The third-order valence-electron chi connectivity index (χ3n) is 4.10. The predicted molar refractivity (Wildman–Crippen MR) is 105 cm³/mol. The Morgan fingerprint density at radius 3 is 2.62 bits per heavy atom. The Kier molecular flexibility index (Phi) is 6.07. The van der Waals surface area contributed by atoms with Gasteiger partial charge in [0.15, 0.2) is 5.82 Å². The molecule has 0 bridgehead atoms. The van der Waals surface area contributed by atoms with E-state index in [2.05, 4.69) is 39.6 Å². The van der Waals surface area contributed by atoms with E-state index in [9.17, 15) is 4.79 Å². The topological polar surface area (TPSA) is 70.7 Å². The van der Waals surface area contributed by atoms with Gasteiger partial charge in [0.1, 0.15) is 0 Å². The van der Waals surface area contributed by atoms with E-state index in [4.69, 9.17) is 0 Å². The summed E-state index contributed by atoms with van der Waals surface area (Å²) in [5.41, 5.74) is 3.40. The molecule has 0 spiro atoms. The van der Waals surface area contributed by atoms with Crippen molar-refractivity contribution in [1.82, 2.24) is 20.5 Å². The number of carbonyl (C=O) groups is 1. The van der Waals surface area contributed by atoms with Gasteiger partial charge in [-0.15, -0.1) is 5.10 Å².